The zero-order valence-electron chi connectivity index (χ0n) is 14.2. The molecule has 1 aliphatic carbocycles. The van der Waals surface area contributed by atoms with Crippen molar-refractivity contribution in [3.05, 3.63) is 35.0 Å². The van der Waals surface area contributed by atoms with Crippen molar-refractivity contribution in [1.29, 1.82) is 0 Å². The molecule has 2 aromatic heterocycles. The third-order valence-corrected chi connectivity index (χ3v) is 4.83. The Kier molecular flexibility index (Phi) is 4.00. The fourth-order valence-corrected chi connectivity index (χ4v) is 3.15. The monoisotopic (exact) mass is 316 g/mol. The maximum atomic E-state index is 12.5. The van der Waals surface area contributed by atoms with Gasteiger partial charge in [-0.2, -0.15) is 5.10 Å². The van der Waals surface area contributed by atoms with Crippen molar-refractivity contribution in [2.24, 2.45) is 18.4 Å². The van der Waals surface area contributed by atoms with E-state index in [4.69, 9.17) is 4.52 Å². The van der Waals surface area contributed by atoms with Crippen LogP contribution in [0.4, 0.5) is 0 Å². The van der Waals surface area contributed by atoms with Crippen LogP contribution in [0, 0.1) is 11.3 Å². The standard InChI is InChI=1S/C17H24N4O2/c1-17(2,3)11-5-6-14-13(9-11)15(20-23-14)16(22)18-10-12-7-8-19-21(12)4/h7-8,11H,5-6,9-10H2,1-4H3,(H,18,22). The highest BCUT2D eigenvalue weighted by Gasteiger charge is 2.34. The molecule has 1 atom stereocenters. The van der Waals surface area contributed by atoms with Gasteiger partial charge in [-0.1, -0.05) is 25.9 Å². The molecule has 1 aliphatic rings. The molecule has 0 saturated carbocycles. The second-order valence-electron chi connectivity index (χ2n) is 7.37. The van der Waals surface area contributed by atoms with E-state index in [1.54, 1.807) is 10.9 Å². The Bertz CT molecular complexity index is 708. The zero-order valence-corrected chi connectivity index (χ0v) is 14.2. The molecule has 0 fully saturated rings. The van der Waals surface area contributed by atoms with Crippen molar-refractivity contribution < 1.29 is 9.32 Å². The summed E-state index contributed by atoms with van der Waals surface area (Å²) in [5, 5.41) is 11.0. The van der Waals surface area contributed by atoms with Crippen molar-refractivity contribution >= 4 is 5.91 Å². The first-order valence-corrected chi connectivity index (χ1v) is 8.08. The number of aromatic nitrogens is 3. The summed E-state index contributed by atoms with van der Waals surface area (Å²) in [5.74, 6) is 1.24. The largest absolute Gasteiger partial charge is 0.360 e. The molecule has 6 heteroatoms. The van der Waals surface area contributed by atoms with E-state index in [0.29, 0.717) is 18.2 Å². The molecule has 2 heterocycles. The number of aryl methyl sites for hydroxylation is 2. The van der Waals surface area contributed by atoms with Crippen LogP contribution < -0.4 is 5.32 Å². The lowest BCUT2D eigenvalue weighted by Gasteiger charge is -2.33. The summed E-state index contributed by atoms with van der Waals surface area (Å²) in [5.41, 5.74) is 2.59. The summed E-state index contributed by atoms with van der Waals surface area (Å²) in [6.45, 7) is 7.18. The Balaban J connectivity index is 1.73. The topological polar surface area (TPSA) is 73.0 Å². The van der Waals surface area contributed by atoms with Crippen LogP contribution in [-0.4, -0.2) is 20.8 Å². The van der Waals surface area contributed by atoms with Gasteiger partial charge in [-0.25, -0.2) is 0 Å². The number of carbonyl (C=O) groups is 1. The molecule has 0 aliphatic heterocycles. The maximum Gasteiger partial charge on any atom is 0.274 e. The molecule has 6 nitrogen and oxygen atoms in total. The molecular formula is C17H24N4O2. The lowest BCUT2D eigenvalue weighted by Crippen LogP contribution is -2.29. The van der Waals surface area contributed by atoms with Gasteiger partial charge in [0.15, 0.2) is 5.69 Å². The number of amides is 1. The minimum Gasteiger partial charge on any atom is -0.360 e. The Morgan fingerprint density at radius 1 is 1.48 bits per heavy atom. The summed E-state index contributed by atoms with van der Waals surface area (Å²) < 4.78 is 7.15. The number of rotatable bonds is 3. The van der Waals surface area contributed by atoms with Gasteiger partial charge in [0.1, 0.15) is 5.76 Å². The van der Waals surface area contributed by atoms with E-state index in [1.165, 1.54) is 0 Å². The van der Waals surface area contributed by atoms with Gasteiger partial charge in [0.25, 0.3) is 5.91 Å². The van der Waals surface area contributed by atoms with E-state index in [-0.39, 0.29) is 11.3 Å². The average molecular weight is 316 g/mol. The third kappa shape index (κ3) is 3.16. The Hall–Kier alpha value is -2.11. The normalized spacial score (nSPS) is 17.8. The molecule has 1 amide bonds. The second-order valence-corrected chi connectivity index (χ2v) is 7.37. The second kappa shape index (κ2) is 5.83. The smallest absolute Gasteiger partial charge is 0.274 e. The summed E-state index contributed by atoms with van der Waals surface area (Å²) in [6.07, 6.45) is 4.52. The van der Waals surface area contributed by atoms with Crippen LogP contribution in [-0.2, 0) is 26.4 Å². The highest BCUT2D eigenvalue weighted by Crippen LogP contribution is 2.38. The first-order chi connectivity index (χ1) is 10.9. The van der Waals surface area contributed by atoms with Gasteiger partial charge in [0.2, 0.25) is 0 Å². The molecule has 23 heavy (non-hydrogen) atoms. The molecule has 124 valence electrons. The molecular weight excluding hydrogens is 292 g/mol. The van der Waals surface area contributed by atoms with E-state index >= 15 is 0 Å². The lowest BCUT2D eigenvalue weighted by atomic mass is 9.71. The predicted molar refractivity (Wildman–Crippen MR) is 85.9 cm³/mol. The van der Waals surface area contributed by atoms with Crippen molar-refractivity contribution in [1.82, 2.24) is 20.3 Å². The minimum atomic E-state index is -0.175. The predicted octanol–water partition coefficient (Wildman–Crippen LogP) is 2.49. The summed E-state index contributed by atoms with van der Waals surface area (Å²) in [6, 6.07) is 1.88. The third-order valence-electron chi connectivity index (χ3n) is 4.83. The minimum absolute atomic E-state index is 0.175. The van der Waals surface area contributed by atoms with Crippen LogP contribution in [0.2, 0.25) is 0 Å². The van der Waals surface area contributed by atoms with E-state index in [9.17, 15) is 4.79 Å². The van der Waals surface area contributed by atoms with Gasteiger partial charge < -0.3 is 9.84 Å². The van der Waals surface area contributed by atoms with E-state index in [1.807, 2.05) is 13.1 Å². The first kappa shape index (κ1) is 15.8. The lowest BCUT2D eigenvalue weighted by molar-refractivity contribution is 0.0939. The number of carbonyl (C=O) groups excluding carboxylic acids is 1. The van der Waals surface area contributed by atoms with E-state index < -0.39 is 0 Å². The highest BCUT2D eigenvalue weighted by atomic mass is 16.5. The zero-order chi connectivity index (χ0) is 16.6. The molecule has 0 bridgehead atoms. The molecule has 2 aromatic rings. The molecule has 1 N–H and O–H groups in total. The summed E-state index contributed by atoms with van der Waals surface area (Å²) in [4.78, 5) is 12.5. The van der Waals surface area contributed by atoms with Crippen LogP contribution in [0.1, 0.15) is 54.7 Å². The van der Waals surface area contributed by atoms with Crippen molar-refractivity contribution in [2.45, 2.75) is 46.6 Å². The SMILES string of the molecule is Cn1nccc1CNC(=O)c1noc2c1CC(C(C)(C)C)CC2. The van der Waals surface area contributed by atoms with Crippen LogP contribution in [0.5, 0.6) is 0 Å². The Labute approximate surface area is 136 Å². The van der Waals surface area contributed by atoms with Crippen LogP contribution in [0.15, 0.2) is 16.8 Å². The number of hydrogen-bond acceptors (Lipinski definition) is 4. The fraction of sp³-hybridized carbons (Fsp3) is 0.588. The quantitative estimate of drug-likeness (QED) is 0.944. The van der Waals surface area contributed by atoms with Crippen LogP contribution in [0.25, 0.3) is 0 Å². The molecule has 0 spiro atoms. The number of hydrogen-bond donors (Lipinski definition) is 1. The van der Waals surface area contributed by atoms with Crippen molar-refractivity contribution in [2.75, 3.05) is 0 Å². The van der Waals surface area contributed by atoms with E-state index in [2.05, 4.69) is 36.3 Å². The van der Waals surface area contributed by atoms with Crippen molar-refractivity contribution in [3.63, 3.8) is 0 Å². The fourth-order valence-electron chi connectivity index (χ4n) is 3.15. The first-order valence-electron chi connectivity index (χ1n) is 8.08. The molecule has 0 saturated heterocycles. The van der Waals surface area contributed by atoms with Gasteiger partial charge in [-0.3, -0.25) is 9.48 Å². The Morgan fingerprint density at radius 3 is 2.91 bits per heavy atom. The summed E-state index contributed by atoms with van der Waals surface area (Å²) >= 11 is 0. The van der Waals surface area contributed by atoms with Gasteiger partial charge >= 0.3 is 0 Å². The average Bonchev–Trinajstić information content (AvgIpc) is 3.09. The van der Waals surface area contributed by atoms with Gasteiger partial charge in [0, 0.05) is 25.2 Å². The molecule has 1 unspecified atom stereocenters. The molecule has 0 aromatic carbocycles. The highest BCUT2D eigenvalue weighted by molar-refractivity contribution is 5.93. The maximum absolute atomic E-state index is 12.5. The number of nitrogens with one attached hydrogen (secondary N) is 1. The number of fused-ring (bicyclic) bond motifs is 1. The molecule has 3 rings (SSSR count). The number of nitrogens with zero attached hydrogens (tertiary/aromatic N) is 3. The van der Waals surface area contributed by atoms with Crippen LogP contribution >= 0.6 is 0 Å². The van der Waals surface area contributed by atoms with Crippen LogP contribution in [0.3, 0.4) is 0 Å². The van der Waals surface area contributed by atoms with E-state index in [0.717, 1.165) is 36.3 Å². The van der Waals surface area contributed by atoms with Gasteiger partial charge in [-0.05, 0) is 30.2 Å². The van der Waals surface area contributed by atoms with Crippen molar-refractivity contribution in [3.8, 4) is 0 Å². The molecule has 0 radical (unpaired) electrons. The van der Waals surface area contributed by atoms with Gasteiger partial charge in [-0.15, -0.1) is 0 Å². The summed E-state index contributed by atoms with van der Waals surface area (Å²) in [7, 11) is 1.85. The Morgan fingerprint density at radius 2 is 2.26 bits per heavy atom. The van der Waals surface area contributed by atoms with Gasteiger partial charge in [0.05, 0.1) is 12.2 Å².